The van der Waals surface area contributed by atoms with Crippen LogP contribution in [-0.2, 0) is 6.54 Å². The van der Waals surface area contributed by atoms with Crippen LogP contribution < -0.4 is 15.7 Å². The van der Waals surface area contributed by atoms with Crippen molar-refractivity contribution in [2.45, 2.75) is 26.5 Å². The van der Waals surface area contributed by atoms with Gasteiger partial charge in [0.1, 0.15) is 5.56 Å². The second-order valence-electron chi connectivity index (χ2n) is 7.02. The average Bonchev–Trinajstić information content (AvgIpc) is 2.73. The maximum Gasteiger partial charge on any atom is 0.276 e. The molecule has 0 atom stereocenters. The Hall–Kier alpha value is -3.09. The van der Waals surface area contributed by atoms with E-state index in [2.05, 4.69) is 10.5 Å². The first-order valence-corrected chi connectivity index (χ1v) is 10.3. The fourth-order valence-corrected chi connectivity index (χ4v) is 3.44. The molecule has 0 aliphatic carbocycles. The molecular formula is C23H21Cl2N3O3. The van der Waals surface area contributed by atoms with Gasteiger partial charge >= 0.3 is 0 Å². The zero-order valence-electron chi connectivity index (χ0n) is 17.0. The van der Waals surface area contributed by atoms with Crippen molar-refractivity contribution in [1.29, 1.82) is 0 Å². The lowest BCUT2D eigenvalue weighted by Crippen LogP contribution is -2.30. The van der Waals surface area contributed by atoms with Crippen LogP contribution in [0.15, 0.2) is 70.7 Å². The van der Waals surface area contributed by atoms with Crippen molar-refractivity contribution in [3.63, 3.8) is 0 Å². The van der Waals surface area contributed by atoms with Crippen molar-refractivity contribution in [2.24, 2.45) is 5.10 Å². The third-order valence-electron chi connectivity index (χ3n) is 4.21. The minimum atomic E-state index is -0.611. The smallest absolute Gasteiger partial charge is 0.276 e. The minimum absolute atomic E-state index is 0.00710. The first-order chi connectivity index (χ1) is 14.8. The molecular weight excluding hydrogens is 437 g/mol. The largest absolute Gasteiger partial charge is 0.488 e. The summed E-state index contributed by atoms with van der Waals surface area (Å²) in [7, 11) is 0. The molecule has 160 valence electrons. The Kier molecular flexibility index (Phi) is 7.50. The number of benzene rings is 2. The highest BCUT2D eigenvalue weighted by molar-refractivity contribution is 6.37. The molecule has 2 aromatic carbocycles. The molecule has 1 N–H and O–H groups in total. The summed E-state index contributed by atoms with van der Waals surface area (Å²) < 4.78 is 7.06. The number of nitrogens with one attached hydrogen (secondary N) is 1. The van der Waals surface area contributed by atoms with Gasteiger partial charge in [-0.05, 0) is 49.2 Å². The molecule has 3 aromatic rings. The molecule has 0 bridgehead atoms. The van der Waals surface area contributed by atoms with Gasteiger partial charge in [0.25, 0.3) is 11.5 Å². The van der Waals surface area contributed by atoms with Crippen LogP contribution in [0.1, 0.15) is 35.3 Å². The number of pyridine rings is 1. The van der Waals surface area contributed by atoms with E-state index in [-0.39, 0.29) is 11.7 Å². The van der Waals surface area contributed by atoms with Crippen LogP contribution >= 0.6 is 23.2 Å². The van der Waals surface area contributed by atoms with Gasteiger partial charge in [0.15, 0.2) is 5.75 Å². The van der Waals surface area contributed by atoms with Crippen molar-refractivity contribution in [3.05, 3.63) is 97.9 Å². The lowest BCUT2D eigenvalue weighted by atomic mass is 10.2. The number of ether oxygens (including phenoxy) is 1. The lowest BCUT2D eigenvalue weighted by molar-refractivity contribution is 0.0953. The van der Waals surface area contributed by atoms with Gasteiger partial charge in [-0.25, -0.2) is 5.43 Å². The second-order valence-corrected chi connectivity index (χ2v) is 7.83. The molecule has 0 spiro atoms. The molecule has 1 amide bonds. The number of hydrogen-bond donors (Lipinski definition) is 1. The molecule has 3 rings (SSSR count). The Morgan fingerprint density at radius 3 is 2.45 bits per heavy atom. The Balaban J connectivity index is 1.72. The topological polar surface area (TPSA) is 72.7 Å². The molecule has 0 fully saturated rings. The summed E-state index contributed by atoms with van der Waals surface area (Å²) in [6, 6.07) is 15.9. The third kappa shape index (κ3) is 5.96. The van der Waals surface area contributed by atoms with Crippen molar-refractivity contribution < 1.29 is 9.53 Å². The standard InChI is InChI=1S/C23H21Cl2N3O3/c1-15(2)31-21-19(24)11-17(12-20(21)25)13-26-27-22(29)18-9-6-10-28(23(18)30)14-16-7-4-3-5-8-16/h3-13,15H,14H2,1-2H3,(H,27,29)/b26-13-. The van der Waals surface area contributed by atoms with Crippen LogP contribution in [0.25, 0.3) is 0 Å². The molecule has 0 unspecified atom stereocenters. The summed E-state index contributed by atoms with van der Waals surface area (Å²) in [5.74, 6) is -0.219. The van der Waals surface area contributed by atoms with Gasteiger partial charge in [0.2, 0.25) is 0 Å². The first kappa shape index (κ1) is 22.6. The van der Waals surface area contributed by atoms with E-state index >= 15 is 0 Å². The van der Waals surface area contributed by atoms with E-state index < -0.39 is 11.5 Å². The van der Waals surface area contributed by atoms with Crippen LogP contribution in [0.5, 0.6) is 5.75 Å². The SMILES string of the molecule is CC(C)Oc1c(Cl)cc(/C=N\NC(=O)c2cccn(Cc3ccccc3)c2=O)cc1Cl. The molecule has 0 aliphatic heterocycles. The Morgan fingerprint density at radius 2 is 1.81 bits per heavy atom. The van der Waals surface area contributed by atoms with Crippen molar-refractivity contribution in [1.82, 2.24) is 9.99 Å². The fourth-order valence-electron chi connectivity index (χ4n) is 2.84. The average molecular weight is 458 g/mol. The van der Waals surface area contributed by atoms with E-state index in [4.69, 9.17) is 27.9 Å². The molecule has 1 aromatic heterocycles. The zero-order chi connectivity index (χ0) is 22.4. The van der Waals surface area contributed by atoms with Gasteiger partial charge in [0, 0.05) is 6.20 Å². The summed E-state index contributed by atoms with van der Waals surface area (Å²) in [5.41, 5.74) is 3.48. The van der Waals surface area contributed by atoms with Crippen molar-refractivity contribution in [2.75, 3.05) is 0 Å². The van der Waals surface area contributed by atoms with Gasteiger partial charge < -0.3 is 9.30 Å². The summed E-state index contributed by atoms with van der Waals surface area (Å²) in [6.07, 6.45) is 2.95. The molecule has 0 aliphatic rings. The number of rotatable bonds is 7. The highest BCUT2D eigenvalue weighted by atomic mass is 35.5. The highest BCUT2D eigenvalue weighted by Gasteiger charge is 2.13. The monoisotopic (exact) mass is 457 g/mol. The number of hydrogen-bond acceptors (Lipinski definition) is 4. The van der Waals surface area contributed by atoms with Crippen LogP contribution in [0.4, 0.5) is 0 Å². The normalized spacial score (nSPS) is 11.1. The molecule has 0 radical (unpaired) electrons. The first-order valence-electron chi connectivity index (χ1n) is 9.57. The summed E-state index contributed by atoms with van der Waals surface area (Å²) in [6.45, 7) is 4.11. The Bertz CT molecular complexity index is 1140. The van der Waals surface area contributed by atoms with E-state index in [1.54, 1.807) is 24.4 Å². The molecule has 0 saturated carbocycles. The van der Waals surface area contributed by atoms with Gasteiger partial charge in [-0.1, -0.05) is 53.5 Å². The summed E-state index contributed by atoms with van der Waals surface area (Å²) in [5, 5.41) is 4.58. The molecule has 0 saturated heterocycles. The number of carbonyl (C=O) groups is 1. The summed E-state index contributed by atoms with van der Waals surface area (Å²) in [4.78, 5) is 25.1. The maximum atomic E-state index is 12.7. The number of halogens is 2. The van der Waals surface area contributed by atoms with Crippen LogP contribution in [-0.4, -0.2) is 22.8 Å². The van der Waals surface area contributed by atoms with Crippen LogP contribution in [0, 0.1) is 0 Å². The van der Waals surface area contributed by atoms with E-state index in [1.807, 2.05) is 44.2 Å². The molecule has 31 heavy (non-hydrogen) atoms. The van der Waals surface area contributed by atoms with E-state index in [0.29, 0.717) is 27.9 Å². The molecule has 6 nitrogen and oxygen atoms in total. The maximum absolute atomic E-state index is 12.7. The van der Waals surface area contributed by atoms with Crippen LogP contribution in [0.3, 0.4) is 0 Å². The zero-order valence-corrected chi connectivity index (χ0v) is 18.5. The summed E-state index contributed by atoms with van der Waals surface area (Å²) >= 11 is 12.4. The van der Waals surface area contributed by atoms with E-state index in [1.165, 1.54) is 16.8 Å². The third-order valence-corrected chi connectivity index (χ3v) is 4.78. The quantitative estimate of drug-likeness (QED) is 0.410. The number of aromatic nitrogens is 1. The van der Waals surface area contributed by atoms with E-state index in [0.717, 1.165) is 5.56 Å². The fraction of sp³-hybridized carbons (Fsp3) is 0.174. The van der Waals surface area contributed by atoms with Gasteiger partial charge in [-0.2, -0.15) is 5.10 Å². The highest BCUT2D eigenvalue weighted by Crippen LogP contribution is 2.34. The Morgan fingerprint density at radius 1 is 1.13 bits per heavy atom. The number of hydrazone groups is 1. The molecule has 1 heterocycles. The second kappa shape index (κ2) is 10.3. The number of carbonyl (C=O) groups excluding carboxylic acids is 1. The van der Waals surface area contributed by atoms with E-state index in [9.17, 15) is 9.59 Å². The lowest BCUT2D eigenvalue weighted by Gasteiger charge is -2.13. The van der Waals surface area contributed by atoms with Crippen LogP contribution in [0.2, 0.25) is 10.0 Å². The predicted octanol–water partition coefficient (Wildman–Crippen LogP) is 4.75. The number of nitrogens with zero attached hydrogens (tertiary/aromatic N) is 2. The molecule has 8 heteroatoms. The van der Waals surface area contributed by atoms with Gasteiger partial charge in [0.05, 0.1) is 28.9 Å². The Labute approximate surface area is 190 Å². The minimum Gasteiger partial charge on any atom is -0.488 e. The number of amides is 1. The van der Waals surface area contributed by atoms with Gasteiger partial charge in [-0.15, -0.1) is 0 Å². The predicted molar refractivity (Wildman–Crippen MR) is 124 cm³/mol. The van der Waals surface area contributed by atoms with Crippen molar-refractivity contribution in [3.8, 4) is 5.75 Å². The van der Waals surface area contributed by atoms with Crippen molar-refractivity contribution >= 4 is 35.3 Å². The van der Waals surface area contributed by atoms with Gasteiger partial charge in [-0.3, -0.25) is 9.59 Å².